The van der Waals surface area contributed by atoms with Crippen LogP contribution in [0.25, 0.3) is 0 Å². The summed E-state index contributed by atoms with van der Waals surface area (Å²) < 4.78 is 0. The Kier molecular flexibility index (Phi) is 12.7. The Bertz CT molecular complexity index is 395. The summed E-state index contributed by atoms with van der Waals surface area (Å²) in [5.74, 6) is 2.40. The Balaban J connectivity index is 3.60. The maximum atomic E-state index is 10.3. The van der Waals surface area contributed by atoms with Crippen LogP contribution < -0.4 is 21.3 Å². The van der Waals surface area contributed by atoms with Gasteiger partial charge < -0.3 is 21.3 Å². The van der Waals surface area contributed by atoms with Crippen LogP contribution in [-0.4, -0.2) is 53.6 Å². The first-order valence-electron chi connectivity index (χ1n) is 6.69. The zero-order valence-corrected chi connectivity index (χ0v) is 14.7. The molecule has 4 N–H and O–H groups in total. The Hall–Kier alpha value is -1.82. The van der Waals surface area contributed by atoms with Gasteiger partial charge in [-0.05, 0) is 0 Å². The van der Waals surface area contributed by atoms with Crippen molar-refractivity contribution in [3.05, 3.63) is 44.3 Å². The molecule has 10 nitrogen and oxygen atoms in total. The van der Waals surface area contributed by atoms with Gasteiger partial charge in [-0.2, -0.15) is 0 Å². The number of nitrogens with zero attached hydrogens (tertiary/aromatic N) is 2. The van der Waals surface area contributed by atoms with Crippen LogP contribution in [0.4, 0.5) is 0 Å². The first-order valence-corrected chi connectivity index (χ1v) is 9.00. The minimum Gasteiger partial charge on any atom is -0.370 e. The third-order valence-corrected chi connectivity index (χ3v) is 4.62. The lowest BCUT2D eigenvalue weighted by Crippen LogP contribution is -2.26. The van der Waals surface area contributed by atoms with E-state index < -0.39 is 9.85 Å². The van der Waals surface area contributed by atoms with Crippen LogP contribution in [0, 0.1) is 20.2 Å². The Morgan fingerprint density at radius 3 is 1.61 bits per heavy atom. The van der Waals surface area contributed by atoms with Crippen molar-refractivity contribution in [2.75, 3.05) is 43.8 Å². The fourth-order valence-electron chi connectivity index (χ4n) is 1.30. The maximum Gasteiger partial charge on any atom is 0.274 e. The van der Waals surface area contributed by atoms with E-state index in [2.05, 4.69) is 21.3 Å². The van der Waals surface area contributed by atoms with Crippen LogP contribution in [0.1, 0.15) is 0 Å². The Labute approximate surface area is 143 Å². The molecule has 0 spiro atoms. The van der Waals surface area contributed by atoms with Crippen LogP contribution in [0.5, 0.6) is 0 Å². The van der Waals surface area contributed by atoms with Crippen molar-refractivity contribution in [3.63, 3.8) is 0 Å². The van der Waals surface area contributed by atoms with E-state index in [0.717, 1.165) is 29.0 Å². The Morgan fingerprint density at radius 2 is 1.30 bits per heavy atom. The first kappa shape index (κ1) is 21.2. The smallest absolute Gasteiger partial charge is 0.274 e. The van der Waals surface area contributed by atoms with Gasteiger partial charge in [0, 0.05) is 43.8 Å². The summed E-state index contributed by atoms with van der Waals surface area (Å²) in [5.41, 5.74) is 0. The fraction of sp³-hybridized carbons (Fsp3) is 0.636. The molecule has 0 saturated carbocycles. The predicted molar refractivity (Wildman–Crippen MR) is 94.1 cm³/mol. The molecule has 0 amide bonds. The van der Waals surface area contributed by atoms with Crippen LogP contribution in [0.15, 0.2) is 24.0 Å². The molecule has 0 aliphatic rings. The molecule has 0 aromatic carbocycles. The quantitative estimate of drug-likeness (QED) is 0.146. The molecule has 0 unspecified atom stereocenters. The van der Waals surface area contributed by atoms with Gasteiger partial charge in [-0.25, -0.2) is 0 Å². The zero-order valence-electron chi connectivity index (χ0n) is 13.0. The highest BCUT2D eigenvalue weighted by Gasteiger charge is 2.00. The van der Waals surface area contributed by atoms with Crippen molar-refractivity contribution >= 4 is 23.5 Å². The summed E-state index contributed by atoms with van der Waals surface area (Å²) in [5, 5.41) is 32.8. The summed E-state index contributed by atoms with van der Waals surface area (Å²) in [6.07, 6.45) is 1.78. The van der Waals surface area contributed by atoms with Gasteiger partial charge in [0.25, 0.3) is 12.4 Å². The predicted octanol–water partition coefficient (Wildman–Crippen LogP) is 0.180. The van der Waals surface area contributed by atoms with E-state index in [4.69, 9.17) is 0 Å². The molecule has 0 bridgehead atoms. The lowest BCUT2D eigenvalue weighted by atomic mass is 10.6. The van der Waals surface area contributed by atoms with Gasteiger partial charge in [-0.1, -0.05) is 0 Å². The van der Waals surface area contributed by atoms with E-state index in [1.807, 2.05) is 0 Å². The van der Waals surface area contributed by atoms with Crippen molar-refractivity contribution in [1.29, 1.82) is 0 Å². The van der Waals surface area contributed by atoms with Gasteiger partial charge in [0.1, 0.15) is 0 Å². The van der Waals surface area contributed by atoms with E-state index >= 15 is 0 Å². The van der Waals surface area contributed by atoms with Gasteiger partial charge in [0.05, 0.1) is 9.85 Å². The fourth-order valence-corrected chi connectivity index (χ4v) is 3.21. The molecule has 0 heterocycles. The number of hydrogen-bond acceptors (Lipinski definition) is 10. The summed E-state index contributed by atoms with van der Waals surface area (Å²) in [4.78, 5) is 19.6. The lowest BCUT2D eigenvalue weighted by Gasteiger charge is -2.08. The molecule has 132 valence electrons. The minimum atomic E-state index is -0.512. The molecule has 0 radical (unpaired) electrons. The van der Waals surface area contributed by atoms with Gasteiger partial charge in [-0.15, -0.1) is 23.5 Å². The van der Waals surface area contributed by atoms with E-state index in [9.17, 15) is 20.2 Å². The standard InChI is InChI=1S/C11H22N6O4S2/c1-12-10(7-16(18)19)14-3-5-22-9-23-6-4-15-11(13-2)8-17(20)21/h7-8,12-15H,3-6,9H2,1-2H3/b10-7-,11-8-. The topological polar surface area (TPSA) is 134 Å². The van der Waals surface area contributed by atoms with Crippen LogP contribution in [0.3, 0.4) is 0 Å². The van der Waals surface area contributed by atoms with Gasteiger partial charge in [-0.3, -0.25) is 20.2 Å². The number of hydrogen-bond donors (Lipinski definition) is 4. The molecule has 0 aliphatic heterocycles. The second kappa shape index (κ2) is 13.8. The van der Waals surface area contributed by atoms with Crippen molar-refractivity contribution < 1.29 is 9.85 Å². The van der Waals surface area contributed by atoms with E-state index in [0.29, 0.717) is 24.7 Å². The highest BCUT2D eigenvalue weighted by atomic mass is 32.2. The molecule has 0 aromatic heterocycles. The van der Waals surface area contributed by atoms with Crippen LogP contribution in [-0.2, 0) is 0 Å². The zero-order chi connectivity index (χ0) is 17.5. The summed E-state index contributed by atoms with van der Waals surface area (Å²) >= 11 is 3.42. The minimum absolute atomic E-state index is 0.379. The van der Waals surface area contributed by atoms with Crippen LogP contribution in [0.2, 0.25) is 0 Å². The second-order valence-corrected chi connectivity index (χ2v) is 6.52. The first-order chi connectivity index (χ1) is 11.0. The van der Waals surface area contributed by atoms with Gasteiger partial charge >= 0.3 is 0 Å². The van der Waals surface area contributed by atoms with E-state index in [-0.39, 0.29) is 0 Å². The summed E-state index contributed by atoms with van der Waals surface area (Å²) in [6.45, 7) is 1.25. The number of thioether (sulfide) groups is 2. The second-order valence-electron chi connectivity index (χ2n) is 3.94. The Morgan fingerprint density at radius 1 is 0.913 bits per heavy atom. The number of rotatable bonds is 14. The van der Waals surface area contributed by atoms with Gasteiger partial charge in [0.2, 0.25) is 0 Å². The molecular formula is C11H22N6O4S2. The highest BCUT2D eigenvalue weighted by molar-refractivity contribution is 8.15. The van der Waals surface area contributed by atoms with Crippen molar-refractivity contribution in [2.45, 2.75) is 0 Å². The van der Waals surface area contributed by atoms with Crippen molar-refractivity contribution in [2.24, 2.45) is 0 Å². The molecular weight excluding hydrogens is 344 g/mol. The molecule has 0 rings (SSSR count). The number of nitro groups is 2. The molecule has 0 aliphatic carbocycles. The average molecular weight is 366 g/mol. The largest absolute Gasteiger partial charge is 0.370 e. The monoisotopic (exact) mass is 366 g/mol. The summed E-state index contributed by atoms with van der Waals surface area (Å²) in [6, 6.07) is 0. The van der Waals surface area contributed by atoms with Crippen molar-refractivity contribution in [1.82, 2.24) is 21.3 Å². The van der Waals surface area contributed by atoms with Crippen molar-refractivity contribution in [3.8, 4) is 0 Å². The molecule has 12 heteroatoms. The molecule has 23 heavy (non-hydrogen) atoms. The van der Waals surface area contributed by atoms with Crippen LogP contribution >= 0.6 is 23.5 Å². The SMILES string of the molecule is CN/C(=C/[N+](=O)[O-])NCCSCSCCN/C(=C\[N+](=O)[O-])NC. The lowest BCUT2D eigenvalue weighted by molar-refractivity contribution is -0.404. The molecule has 0 atom stereocenters. The third kappa shape index (κ3) is 13.6. The molecule has 0 aromatic rings. The third-order valence-electron chi connectivity index (χ3n) is 2.30. The van der Waals surface area contributed by atoms with Gasteiger partial charge in [0.15, 0.2) is 11.6 Å². The summed E-state index contributed by atoms with van der Waals surface area (Å²) in [7, 11) is 3.23. The van der Waals surface area contributed by atoms with E-state index in [1.165, 1.54) is 0 Å². The normalized spacial score (nSPS) is 11.7. The highest BCUT2D eigenvalue weighted by Crippen LogP contribution is 2.10. The average Bonchev–Trinajstić information content (AvgIpc) is 2.49. The van der Waals surface area contributed by atoms with E-state index in [1.54, 1.807) is 37.6 Å². The maximum absolute atomic E-state index is 10.3. The number of nitrogens with one attached hydrogen (secondary N) is 4. The molecule has 0 fully saturated rings. The molecule has 0 saturated heterocycles.